The summed E-state index contributed by atoms with van der Waals surface area (Å²) in [7, 11) is 4.10. The first-order chi connectivity index (χ1) is 10.7. The van der Waals surface area contributed by atoms with Crippen LogP contribution in [-0.2, 0) is 0 Å². The standard InChI is InChI=1S/C16H17ClN4S/c1-21(2)14(11-5-3-4-6-12(11)17)9-18-16-15-13(7-8-22-15)19-10-20-16/h3-8,10,14H,9H2,1-2H3,(H,18,19,20)/t14-/m1/s1. The van der Waals surface area contributed by atoms with Gasteiger partial charge in [0.25, 0.3) is 0 Å². The van der Waals surface area contributed by atoms with E-state index in [2.05, 4.69) is 40.3 Å². The lowest BCUT2D eigenvalue weighted by molar-refractivity contribution is 0.312. The Kier molecular flexibility index (Phi) is 4.57. The third-order valence-electron chi connectivity index (χ3n) is 3.59. The first kappa shape index (κ1) is 15.2. The summed E-state index contributed by atoms with van der Waals surface area (Å²) in [6.07, 6.45) is 1.59. The van der Waals surface area contributed by atoms with Crippen LogP contribution in [0.4, 0.5) is 5.82 Å². The summed E-state index contributed by atoms with van der Waals surface area (Å²) in [6.45, 7) is 0.723. The molecule has 6 heteroatoms. The number of hydrogen-bond acceptors (Lipinski definition) is 5. The Morgan fingerprint density at radius 1 is 1.23 bits per heavy atom. The summed E-state index contributed by atoms with van der Waals surface area (Å²) in [4.78, 5) is 10.8. The van der Waals surface area contributed by atoms with Crippen molar-refractivity contribution in [3.63, 3.8) is 0 Å². The lowest BCUT2D eigenvalue weighted by atomic mass is 10.1. The largest absolute Gasteiger partial charge is 0.367 e. The van der Waals surface area contributed by atoms with Crippen molar-refractivity contribution in [2.24, 2.45) is 0 Å². The molecule has 114 valence electrons. The van der Waals surface area contributed by atoms with E-state index in [0.717, 1.165) is 33.2 Å². The van der Waals surface area contributed by atoms with Crippen molar-refractivity contribution in [1.29, 1.82) is 0 Å². The number of fused-ring (bicyclic) bond motifs is 1. The van der Waals surface area contributed by atoms with Gasteiger partial charge in [0.2, 0.25) is 0 Å². The summed E-state index contributed by atoms with van der Waals surface area (Å²) in [5, 5.41) is 6.25. The molecule has 2 aromatic heterocycles. The number of thiophene rings is 1. The van der Waals surface area contributed by atoms with Gasteiger partial charge in [0.1, 0.15) is 12.1 Å². The summed E-state index contributed by atoms with van der Waals surface area (Å²) in [5.74, 6) is 0.874. The van der Waals surface area contributed by atoms with Crippen molar-refractivity contribution in [3.8, 4) is 0 Å². The average molecular weight is 333 g/mol. The number of rotatable bonds is 5. The van der Waals surface area contributed by atoms with Gasteiger partial charge in [0, 0.05) is 11.6 Å². The van der Waals surface area contributed by atoms with Crippen molar-refractivity contribution in [3.05, 3.63) is 52.6 Å². The summed E-state index contributed by atoms with van der Waals surface area (Å²) < 4.78 is 1.08. The van der Waals surface area contributed by atoms with Gasteiger partial charge in [-0.15, -0.1) is 11.3 Å². The van der Waals surface area contributed by atoms with E-state index >= 15 is 0 Å². The number of hydrogen-bond donors (Lipinski definition) is 1. The van der Waals surface area contributed by atoms with Crippen LogP contribution in [0.25, 0.3) is 10.2 Å². The molecule has 0 unspecified atom stereocenters. The van der Waals surface area contributed by atoms with Gasteiger partial charge in [-0.2, -0.15) is 0 Å². The Morgan fingerprint density at radius 2 is 2.05 bits per heavy atom. The molecule has 0 radical (unpaired) electrons. The third kappa shape index (κ3) is 3.06. The number of halogens is 1. The molecule has 0 saturated heterocycles. The van der Waals surface area contributed by atoms with Gasteiger partial charge in [-0.1, -0.05) is 29.8 Å². The average Bonchev–Trinajstić information content (AvgIpc) is 2.98. The summed E-state index contributed by atoms with van der Waals surface area (Å²) >= 11 is 7.99. The predicted molar refractivity (Wildman–Crippen MR) is 93.8 cm³/mol. The van der Waals surface area contributed by atoms with E-state index in [1.165, 1.54) is 0 Å². The van der Waals surface area contributed by atoms with E-state index in [0.29, 0.717) is 0 Å². The molecule has 0 aliphatic carbocycles. The van der Waals surface area contributed by atoms with Crippen molar-refractivity contribution >= 4 is 39.0 Å². The minimum atomic E-state index is 0.165. The SMILES string of the molecule is CN(C)[C@H](CNc1ncnc2ccsc12)c1ccccc1Cl. The quantitative estimate of drug-likeness (QED) is 0.765. The van der Waals surface area contributed by atoms with E-state index in [1.54, 1.807) is 17.7 Å². The van der Waals surface area contributed by atoms with Crippen molar-refractivity contribution < 1.29 is 0 Å². The lowest BCUT2D eigenvalue weighted by Gasteiger charge is -2.26. The minimum absolute atomic E-state index is 0.165. The molecule has 3 aromatic rings. The maximum atomic E-state index is 6.34. The van der Waals surface area contributed by atoms with Crippen LogP contribution >= 0.6 is 22.9 Å². The fourth-order valence-electron chi connectivity index (χ4n) is 2.42. The number of benzene rings is 1. The highest BCUT2D eigenvalue weighted by atomic mass is 35.5. The van der Waals surface area contributed by atoms with E-state index in [4.69, 9.17) is 11.6 Å². The van der Waals surface area contributed by atoms with Gasteiger partial charge < -0.3 is 10.2 Å². The fourth-order valence-corrected chi connectivity index (χ4v) is 3.50. The maximum Gasteiger partial charge on any atom is 0.147 e. The smallest absolute Gasteiger partial charge is 0.147 e. The summed E-state index contributed by atoms with van der Waals surface area (Å²) in [5.41, 5.74) is 2.08. The van der Waals surface area contributed by atoms with Crippen LogP contribution in [0.1, 0.15) is 11.6 Å². The minimum Gasteiger partial charge on any atom is -0.367 e. The first-order valence-corrected chi connectivity index (χ1v) is 8.25. The van der Waals surface area contributed by atoms with E-state index in [9.17, 15) is 0 Å². The van der Waals surface area contributed by atoms with Gasteiger partial charge in [0.15, 0.2) is 0 Å². The molecule has 2 heterocycles. The Balaban J connectivity index is 1.84. The second-order valence-electron chi connectivity index (χ2n) is 5.24. The maximum absolute atomic E-state index is 6.34. The van der Waals surface area contributed by atoms with Crippen LogP contribution in [0.3, 0.4) is 0 Å². The molecule has 1 aromatic carbocycles. The molecule has 4 nitrogen and oxygen atoms in total. The van der Waals surface area contributed by atoms with Crippen LogP contribution in [0, 0.1) is 0 Å². The van der Waals surface area contributed by atoms with Gasteiger partial charge in [-0.05, 0) is 37.2 Å². The predicted octanol–water partition coefficient (Wildman–Crippen LogP) is 4.06. The molecule has 3 rings (SSSR count). The van der Waals surface area contributed by atoms with Crippen LogP contribution in [0.5, 0.6) is 0 Å². The summed E-state index contributed by atoms with van der Waals surface area (Å²) in [6, 6.07) is 10.1. The van der Waals surface area contributed by atoms with Gasteiger partial charge in [-0.3, -0.25) is 0 Å². The topological polar surface area (TPSA) is 41.0 Å². The number of nitrogens with one attached hydrogen (secondary N) is 1. The van der Waals surface area contributed by atoms with E-state index < -0.39 is 0 Å². The molecule has 1 atom stereocenters. The molecule has 0 saturated carbocycles. The molecular formula is C16H17ClN4S. The fraction of sp³-hybridized carbons (Fsp3) is 0.250. The van der Waals surface area contributed by atoms with E-state index in [-0.39, 0.29) is 6.04 Å². The number of nitrogens with zero attached hydrogens (tertiary/aromatic N) is 3. The number of anilines is 1. The Hall–Kier alpha value is -1.69. The highest BCUT2D eigenvalue weighted by molar-refractivity contribution is 7.17. The zero-order valence-electron chi connectivity index (χ0n) is 12.5. The molecule has 0 spiro atoms. The molecule has 0 fully saturated rings. The zero-order chi connectivity index (χ0) is 15.5. The van der Waals surface area contributed by atoms with Gasteiger partial charge in [-0.25, -0.2) is 9.97 Å². The molecule has 0 amide bonds. The highest BCUT2D eigenvalue weighted by Crippen LogP contribution is 2.28. The molecule has 22 heavy (non-hydrogen) atoms. The van der Waals surface area contributed by atoms with Gasteiger partial charge in [0.05, 0.1) is 16.3 Å². The van der Waals surface area contributed by atoms with Crippen molar-refractivity contribution in [2.75, 3.05) is 26.0 Å². The molecule has 0 aliphatic heterocycles. The van der Waals surface area contributed by atoms with Crippen LogP contribution < -0.4 is 5.32 Å². The van der Waals surface area contributed by atoms with Crippen LogP contribution in [0.15, 0.2) is 42.0 Å². The van der Waals surface area contributed by atoms with Crippen molar-refractivity contribution in [2.45, 2.75) is 6.04 Å². The molecular weight excluding hydrogens is 316 g/mol. The highest BCUT2D eigenvalue weighted by Gasteiger charge is 2.17. The van der Waals surface area contributed by atoms with Crippen LogP contribution in [0.2, 0.25) is 5.02 Å². The monoisotopic (exact) mass is 332 g/mol. The molecule has 0 bridgehead atoms. The molecule has 0 aliphatic rings. The zero-order valence-corrected chi connectivity index (χ0v) is 14.0. The second kappa shape index (κ2) is 6.60. The lowest BCUT2D eigenvalue weighted by Crippen LogP contribution is -2.27. The number of aromatic nitrogens is 2. The number of likely N-dealkylation sites (N-methyl/N-ethyl adjacent to an activating group) is 1. The molecule has 1 N–H and O–H groups in total. The van der Waals surface area contributed by atoms with Gasteiger partial charge >= 0.3 is 0 Å². The van der Waals surface area contributed by atoms with Crippen molar-refractivity contribution in [1.82, 2.24) is 14.9 Å². The van der Waals surface area contributed by atoms with E-state index in [1.807, 2.05) is 29.6 Å². The Morgan fingerprint density at radius 3 is 2.82 bits per heavy atom. The third-order valence-corrected chi connectivity index (χ3v) is 4.85. The van der Waals surface area contributed by atoms with Crippen LogP contribution in [-0.4, -0.2) is 35.5 Å². The first-order valence-electron chi connectivity index (χ1n) is 6.99. The Bertz CT molecular complexity index is 771. The second-order valence-corrected chi connectivity index (χ2v) is 6.56. The Labute approximate surface area is 138 Å². The normalized spacial score (nSPS) is 12.7.